The molecule has 0 aliphatic carbocycles. The molecule has 1 N–H and O–H groups in total. The molecular formula is C16H10FN3. The molecule has 2 aromatic carbocycles. The van der Waals surface area contributed by atoms with E-state index >= 15 is 0 Å². The molecule has 1 aromatic heterocycles. The minimum atomic E-state index is -0.436. The highest BCUT2D eigenvalue weighted by Crippen LogP contribution is 2.22. The smallest absolute Gasteiger partial charge is 0.126 e. The van der Waals surface area contributed by atoms with Crippen molar-refractivity contribution in [1.29, 1.82) is 5.26 Å². The van der Waals surface area contributed by atoms with Gasteiger partial charge in [-0.15, -0.1) is 0 Å². The summed E-state index contributed by atoms with van der Waals surface area (Å²) < 4.78 is 13.4. The van der Waals surface area contributed by atoms with Crippen LogP contribution in [0.5, 0.6) is 0 Å². The zero-order valence-electron chi connectivity index (χ0n) is 10.5. The summed E-state index contributed by atoms with van der Waals surface area (Å²) in [5.74, 6) is -0.436. The summed E-state index contributed by atoms with van der Waals surface area (Å²) in [5.41, 5.74) is 2.55. The van der Waals surface area contributed by atoms with Crippen molar-refractivity contribution in [3.05, 3.63) is 66.1 Å². The highest BCUT2D eigenvalue weighted by Gasteiger charge is 2.02. The first-order chi connectivity index (χ1) is 9.74. The van der Waals surface area contributed by atoms with Gasteiger partial charge in [0.15, 0.2) is 0 Å². The summed E-state index contributed by atoms with van der Waals surface area (Å²) in [4.78, 5) is 4.24. The number of nitriles is 1. The third-order valence-electron chi connectivity index (χ3n) is 2.92. The lowest BCUT2D eigenvalue weighted by atomic mass is 10.1. The summed E-state index contributed by atoms with van der Waals surface area (Å²) in [6, 6.07) is 15.6. The quantitative estimate of drug-likeness (QED) is 0.760. The standard InChI is InChI=1S/C16H10FN3/c17-13-6-11(10-18)7-15(9-13)20-14-3-4-16-12(8-14)2-1-5-19-16/h1-9,20H. The molecule has 3 rings (SSSR count). The van der Waals surface area contributed by atoms with E-state index in [1.807, 2.05) is 36.4 Å². The Kier molecular flexibility index (Phi) is 3.02. The second-order valence-electron chi connectivity index (χ2n) is 4.38. The van der Waals surface area contributed by atoms with Gasteiger partial charge in [0.25, 0.3) is 0 Å². The van der Waals surface area contributed by atoms with Crippen LogP contribution >= 0.6 is 0 Å². The molecule has 3 nitrogen and oxygen atoms in total. The predicted octanol–water partition coefficient (Wildman–Crippen LogP) is 3.99. The van der Waals surface area contributed by atoms with Gasteiger partial charge in [-0.1, -0.05) is 6.07 Å². The Morgan fingerprint density at radius 1 is 1.05 bits per heavy atom. The maximum absolute atomic E-state index is 13.4. The number of rotatable bonds is 2. The van der Waals surface area contributed by atoms with E-state index in [0.29, 0.717) is 5.69 Å². The molecule has 0 fully saturated rings. The molecule has 0 radical (unpaired) electrons. The van der Waals surface area contributed by atoms with Gasteiger partial charge in [-0.2, -0.15) is 5.26 Å². The van der Waals surface area contributed by atoms with E-state index in [2.05, 4.69) is 10.3 Å². The van der Waals surface area contributed by atoms with Crippen molar-refractivity contribution in [2.45, 2.75) is 0 Å². The van der Waals surface area contributed by atoms with E-state index in [-0.39, 0.29) is 5.56 Å². The average molecular weight is 263 g/mol. The van der Waals surface area contributed by atoms with Crippen LogP contribution < -0.4 is 5.32 Å². The largest absolute Gasteiger partial charge is 0.355 e. The van der Waals surface area contributed by atoms with Gasteiger partial charge in [-0.25, -0.2) is 4.39 Å². The fraction of sp³-hybridized carbons (Fsp3) is 0. The van der Waals surface area contributed by atoms with E-state index in [0.717, 1.165) is 16.6 Å². The molecule has 0 atom stereocenters. The van der Waals surface area contributed by atoms with Gasteiger partial charge in [0.2, 0.25) is 0 Å². The van der Waals surface area contributed by atoms with Crippen LogP contribution in [0.15, 0.2) is 54.7 Å². The van der Waals surface area contributed by atoms with E-state index in [4.69, 9.17) is 5.26 Å². The van der Waals surface area contributed by atoms with Crippen molar-refractivity contribution in [3.8, 4) is 6.07 Å². The van der Waals surface area contributed by atoms with Crippen LogP contribution in [-0.4, -0.2) is 4.98 Å². The number of aromatic nitrogens is 1. The summed E-state index contributed by atoms with van der Waals surface area (Å²) in [5, 5.41) is 12.9. The number of halogens is 1. The van der Waals surface area contributed by atoms with E-state index in [1.54, 1.807) is 12.3 Å². The highest BCUT2D eigenvalue weighted by atomic mass is 19.1. The maximum Gasteiger partial charge on any atom is 0.126 e. The zero-order valence-corrected chi connectivity index (χ0v) is 10.5. The minimum absolute atomic E-state index is 0.287. The van der Waals surface area contributed by atoms with Gasteiger partial charge in [0.1, 0.15) is 5.82 Å². The molecule has 4 heteroatoms. The van der Waals surface area contributed by atoms with Gasteiger partial charge in [-0.05, 0) is 42.5 Å². The van der Waals surface area contributed by atoms with Crippen LogP contribution in [0.4, 0.5) is 15.8 Å². The van der Waals surface area contributed by atoms with Crippen LogP contribution in [0.25, 0.3) is 10.9 Å². The van der Waals surface area contributed by atoms with E-state index < -0.39 is 5.82 Å². The molecule has 0 spiro atoms. The number of anilines is 2. The molecule has 0 unspecified atom stereocenters. The number of hydrogen-bond acceptors (Lipinski definition) is 3. The summed E-state index contributed by atoms with van der Waals surface area (Å²) in [7, 11) is 0. The SMILES string of the molecule is N#Cc1cc(F)cc(Nc2ccc3ncccc3c2)c1. The molecular weight excluding hydrogens is 253 g/mol. The van der Waals surface area contributed by atoms with E-state index in [1.165, 1.54) is 12.1 Å². The van der Waals surface area contributed by atoms with Gasteiger partial charge in [0.05, 0.1) is 17.1 Å². The normalized spacial score (nSPS) is 10.2. The number of nitrogens with one attached hydrogen (secondary N) is 1. The monoisotopic (exact) mass is 263 g/mol. The fourth-order valence-electron chi connectivity index (χ4n) is 2.05. The van der Waals surface area contributed by atoms with Crippen LogP contribution in [-0.2, 0) is 0 Å². The Morgan fingerprint density at radius 2 is 1.95 bits per heavy atom. The third kappa shape index (κ3) is 2.43. The van der Waals surface area contributed by atoms with Gasteiger partial charge >= 0.3 is 0 Å². The van der Waals surface area contributed by atoms with Crippen molar-refractivity contribution in [2.24, 2.45) is 0 Å². The summed E-state index contributed by atoms with van der Waals surface area (Å²) in [6.07, 6.45) is 1.74. The minimum Gasteiger partial charge on any atom is -0.355 e. The number of fused-ring (bicyclic) bond motifs is 1. The Bertz CT molecular complexity index is 821. The van der Waals surface area contributed by atoms with Crippen molar-refractivity contribution in [2.75, 3.05) is 5.32 Å². The van der Waals surface area contributed by atoms with Gasteiger partial charge in [0, 0.05) is 23.0 Å². The summed E-state index contributed by atoms with van der Waals surface area (Å²) in [6.45, 7) is 0. The molecule has 0 aliphatic heterocycles. The first-order valence-corrected chi connectivity index (χ1v) is 6.07. The van der Waals surface area contributed by atoms with Crippen LogP contribution in [0, 0.1) is 17.1 Å². The van der Waals surface area contributed by atoms with Crippen molar-refractivity contribution >= 4 is 22.3 Å². The predicted molar refractivity (Wildman–Crippen MR) is 76.1 cm³/mol. The molecule has 1 heterocycles. The van der Waals surface area contributed by atoms with Crippen molar-refractivity contribution in [3.63, 3.8) is 0 Å². The number of benzene rings is 2. The van der Waals surface area contributed by atoms with E-state index in [9.17, 15) is 4.39 Å². The first-order valence-electron chi connectivity index (χ1n) is 6.07. The molecule has 3 aromatic rings. The lowest BCUT2D eigenvalue weighted by molar-refractivity contribution is 0.628. The molecule has 0 saturated heterocycles. The second-order valence-corrected chi connectivity index (χ2v) is 4.38. The van der Waals surface area contributed by atoms with Crippen LogP contribution in [0.1, 0.15) is 5.56 Å². The van der Waals surface area contributed by atoms with Gasteiger partial charge < -0.3 is 5.32 Å². The molecule has 20 heavy (non-hydrogen) atoms. The molecule has 0 bridgehead atoms. The molecule has 96 valence electrons. The van der Waals surface area contributed by atoms with Gasteiger partial charge in [-0.3, -0.25) is 4.98 Å². The number of hydrogen-bond donors (Lipinski definition) is 1. The Balaban J connectivity index is 1.97. The van der Waals surface area contributed by atoms with Crippen molar-refractivity contribution in [1.82, 2.24) is 4.98 Å². The molecule has 0 amide bonds. The summed E-state index contributed by atoms with van der Waals surface area (Å²) >= 11 is 0. The lowest BCUT2D eigenvalue weighted by Crippen LogP contribution is -1.92. The highest BCUT2D eigenvalue weighted by molar-refractivity contribution is 5.83. The molecule has 0 saturated carbocycles. The number of pyridine rings is 1. The Morgan fingerprint density at radius 3 is 2.80 bits per heavy atom. The second kappa shape index (κ2) is 4.98. The van der Waals surface area contributed by atoms with Crippen LogP contribution in [0.2, 0.25) is 0 Å². The average Bonchev–Trinajstić information content (AvgIpc) is 2.46. The Labute approximate surface area is 115 Å². The van der Waals surface area contributed by atoms with Crippen LogP contribution in [0.3, 0.4) is 0 Å². The fourth-order valence-corrected chi connectivity index (χ4v) is 2.05. The topological polar surface area (TPSA) is 48.7 Å². The molecule has 0 aliphatic rings. The maximum atomic E-state index is 13.4. The van der Waals surface area contributed by atoms with Crippen molar-refractivity contribution < 1.29 is 4.39 Å². The zero-order chi connectivity index (χ0) is 13.9. The Hall–Kier alpha value is -2.93. The first kappa shape index (κ1) is 12.1. The third-order valence-corrected chi connectivity index (χ3v) is 2.92. The number of nitrogens with zero attached hydrogens (tertiary/aromatic N) is 2. The lowest BCUT2D eigenvalue weighted by Gasteiger charge is -2.08.